The average molecular weight is 326 g/mol. The molecule has 5 nitrogen and oxygen atoms in total. The van der Waals surface area contributed by atoms with Crippen LogP contribution >= 0.6 is 11.3 Å². The first-order valence-corrected chi connectivity index (χ1v) is 8.43. The Labute approximate surface area is 136 Å². The number of nitrogens with one attached hydrogen (secondary N) is 2. The maximum Gasteiger partial charge on any atom is 0.252 e. The molecule has 0 aliphatic rings. The lowest BCUT2D eigenvalue weighted by Crippen LogP contribution is -2.44. The van der Waals surface area contributed by atoms with Gasteiger partial charge in [0.25, 0.3) is 5.91 Å². The molecule has 1 aromatic heterocycles. The molecule has 1 rings (SSSR count). The first-order chi connectivity index (χ1) is 10.2. The Morgan fingerprint density at radius 1 is 1.32 bits per heavy atom. The summed E-state index contributed by atoms with van der Waals surface area (Å²) in [6.07, 6.45) is -0.255. The zero-order valence-electron chi connectivity index (χ0n) is 13.7. The number of aliphatic hydroxyl groups excluding tert-OH is 1. The van der Waals surface area contributed by atoms with E-state index in [9.17, 15) is 14.7 Å². The van der Waals surface area contributed by atoms with Crippen molar-refractivity contribution in [1.82, 2.24) is 10.6 Å². The Balaban J connectivity index is 2.28. The van der Waals surface area contributed by atoms with Crippen molar-refractivity contribution in [1.29, 1.82) is 0 Å². The molecular weight excluding hydrogens is 300 g/mol. The van der Waals surface area contributed by atoms with Crippen LogP contribution in [0.3, 0.4) is 0 Å². The molecule has 0 bridgehead atoms. The molecule has 2 amide bonds. The van der Waals surface area contributed by atoms with Gasteiger partial charge < -0.3 is 15.7 Å². The van der Waals surface area contributed by atoms with E-state index in [-0.39, 0.29) is 29.6 Å². The van der Waals surface area contributed by atoms with E-state index in [1.54, 1.807) is 11.4 Å². The normalized spacial score (nSPS) is 13.0. The molecule has 0 fully saturated rings. The first-order valence-electron chi connectivity index (χ1n) is 7.49. The van der Waals surface area contributed by atoms with Crippen molar-refractivity contribution in [2.24, 2.45) is 11.3 Å². The lowest BCUT2D eigenvalue weighted by molar-refractivity contribution is -0.121. The molecule has 0 aliphatic heterocycles. The molecule has 6 heteroatoms. The van der Waals surface area contributed by atoms with Crippen molar-refractivity contribution in [3.63, 3.8) is 0 Å². The number of hydrogen-bond donors (Lipinski definition) is 3. The summed E-state index contributed by atoms with van der Waals surface area (Å²) in [5.74, 6) is -0.156. The molecule has 1 heterocycles. The van der Waals surface area contributed by atoms with Gasteiger partial charge in [0.15, 0.2) is 0 Å². The summed E-state index contributed by atoms with van der Waals surface area (Å²) in [4.78, 5) is 23.5. The summed E-state index contributed by atoms with van der Waals surface area (Å²) in [7, 11) is 0. The van der Waals surface area contributed by atoms with E-state index in [1.165, 1.54) is 11.3 Å². The van der Waals surface area contributed by atoms with Gasteiger partial charge in [0.1, 0.15) is 0 Å². The summed E-state index contributed by atoms with van der Waals surface area (Å²) >= 11 is 1.46. The summed E-state index contributed by atoms with van der Waals surface area (Å²) in [5, 5.41) is 19.3. The SMILES string of the molecule is CC(C)C(O)C(C)(C)CNC(=O)CCNC(=O)c1ccsc1. The number of aliphatic hydroxyl groups is 1. The van der Waals surface area contributed by atoms with Crippen LogP contribution in [0.5, 0.6) is 0 Å². The largest absolute Gasteiger partial charge is 0.392 e. The Bertz CT molecular complexity index is 484. The minimum atomic E-state index is -0.480. The lowest BCUT2D eigenvalue weighted by atomic mass is 9.80. The van der Waals surface area contributed by atoms with E-state index in [2.05, 4.69) is 10.6 Å². The van der Waals surface area contributed by atoms with E-state index in [1.807, 2.05) is 33.1 Å². The summed E-state index contributed by atoms with van der Waals surface area (Å²) in [6.45, 7) is 8.46. The molecular formula is C16H26N2O3S. The molecule has 3 N–H and O–H groups in total. The average Bonchev–Trinajstić information content (AvgIpc) is 2.98. The zero-order chi connectivity index (χ0) is 16.8. The lowest BCUT2D eigenvalue weighted by Gasteiger charge is -2.33. The van der Waals surface area contributed by atoms with Gasteiger partial charge in [-0.1, -0.05) is 27.7 Å². The predicted molar refractivity (Wildman–Crippen MR) is 88.9 cm³/mol. The van der Waals surface area contributed by atoms with Crippen LogP contribution in [0.2, 0.25) is 0 Å². The third kappa shape index (κ3) is 5.77. The quantitative estimate of drug-likeness (QED) is 0.684. The fourth-order valence-corrected chi connectivity index (χ4v) is 2.84. The highest BCUT2D eigenvalue weighted by Crippen LogP contribution is 2.24. The van der Waals surface area contributed by atoms with Crippen molar-refractivity contribution in [3.05, 3.63) is 22.4 Å². The van der Waals surface area contributed by atoms with Gasteiger partial charge in [-0.25, -0.2) is 0 Å². The number of hydrogen-bond acceptors (Lipinski definition) is 4. The Morgan fingerprint density at radius 2 is 2.00 bits per heavy atom. The minimum Gasteiger partial charge on any atom is -0.392 e. The van der Waals surface area contributed by atoms with Crippen molar-refractivity contribution >= 4 is 23.2 Å². The Kier molecular flexibility index (Phi) is 7.03. The second-order valence-corrected chi connectivity index (χ2v) is 7.25. The van der Waals surface area contributed by atoms with Crippen LogP contribution in [0.4, 0.5) is 0 Å². The third-order valence-corrected chi connectivity index (χ3v) is 4.28. The van der Waals surface area contributed by atoms with Crippen LogP contribution in [-0.4, -0.2) is 36.1 Å². The van der Waals surface area contributed by atoms with Crippen molar-refractivity contribution < 1.29 is 14.7 Å². The third-order valence-electron chi connectivity index (χ3n) is 3.59. The maximum absolute atomic E-state index is 11.8. The smallest absolute Gasteiger partial charge is 0.252 e. The summed E-state index contributed by atoms with van der Waals surface area (Å²) < 4.78 is 0. The van der Waals surface area contributed by atoms with Crippen LogP contribution in [0.25, 0.3) is 0 Å². The maximum atomic E-state index is 11.8. The topological polar surface area (TPSA) is 78.4 Å². The van der Waals surface area contributed by atoms with Gasteiger partial charge in [0, 0.05) is 35.9 Å². The molecule has 0 spiro atoms. The van der Waals surface area contributed by atoms with Crippen LogP contribution in [0.15, 0.2) is 16.8 Å². The van der Waals surface area contributed by atoms with Crippen molar-refractivity contribution in [2.75, 3.05) is 13.1 Å². The summed E-state index contributed by atoms with van der Waals surface area (Å²) in [5.41, 5.74) is 0.232. The van der Waals surface area contributed by atoms with Gasteiger partial charge >= 0.3 is 0 Å². The van der Waals surface area contributed by atoms with E-state index in [4.69, 9.17) is 0 Å². The van der Waals surface area contributed by atoms with Crippen LogP contribution in [0, 0.1) is 11.3 Å². The zero-order valence-corrected chi connectivity index (χ0v) is 14.5. The van der Waals surface area contributed by atoms with Gasteiger partial charge in [-0.15, -0.1) is 0 Å². The highest BCUT2D eigenvalue weighted by molar-refractivity contribution is 7.08. The molecule has 0 saturated heterocycles. The molecule has 1 aromatic rings. The molecule has 1 unspecified atom stereocenters. The molecule has 0 aromatic carbocycles. The van der Waals surface area contributed by atoms with E-state index in [0.717, 1.165) is 0 Å². The van der Waals surface area contributed by atoms with E-state index < -0.39 is 6.10 Å². The molecule has 124 valence electrons. The minimum absolute atomic E-state index is 0.130. The highest BCUT2D eigenvalue weighted by atomic mass is 32.1. The second kappa shape index (κ2) is 8.29. The van der Waals surface area contributed by atoms with Crippen LogP contribution in [0.1, 0.15) is 44.5 Å². The number of amides is 2. The fourth-order valence-electron chi connectivity index (χ4n) is 2.21. The van der Waals surface area contributed by atoms with Crippen molar-refractivity contribution in [2.45, 2.75) is 40.2 Å². The number of rotatable bonds is 8. The van der Waals surface area contributed by atoms with Gasteiger partial charge in [-0.05, 0) is 17.4 Å². The predicted octanol–water partition coefficient (Wildman–Crippen LogP) is 2.03. The number of carbonyl (C=O) groups is 2. The molecule has 1 atom stereocenters. The Hall–Kier alpha value is -1.40. The Morgan fingerprint density at radius 3 is 2.55 bits per heavy atom. The standard InChI is InChI=1S/C16H26N2O3S/c1-11(2)14(20)16(3,4)10-18-13(19)5-7-17-15(21)12-6-8-22-9-12/h6,8-9,11,14,20H,5,7,10H2,1-4H3,(H,17,21)(H,18,19). The van der Waals surface area contributed by atoms with Crippen LogP contribution < -0.4 is 10.6 Å². The molecule has 22 heavy (non-hydrogen) atoms. The van der Waals surface area contributed by atoms with Gasteiger partial charge in [-0.2, -0.15) is 11.3 Å². The highest BCUT2D eigenvalue weighted by Gasteiger charge is 2.30. The van der Waals surface area contributed by atoms with Crippen molar-refractivity contribution in [3.8, 4) is 0 Å². The van der Waals surface area contributed by atoms with Gasteiger partial charge in [-0.3, -0.25) is 9.59 Å². The monoisotopic (exact) mass is 326 g/mol. The number of thiophene rings is 1. The van der Waals surface area contributed by atoms with Gasteiger partial charge in [0.05, 0.1) is 6.10 Å². The van der Waals surface area contributed by atoms with Crippen LogP contribution in [-0.2, 0) is 4.79 Å². The summed E-state index contributed by atoms with van der Waals surface area (Å²) in [6, 6.07) is 1.75. The fraction of sp³-hybridized carbons (Fsp3) is 0.625. The molecule has 0 aliphatic carbocycles. The number of carbonyl (C=O) groups excluding carboxylic acids is 2. The second-order valence-electron chi connectivity index (χ2n) is 6.47. The molecule has 0 saturated carbocycles. The van der Waals surface area contributed by atoms with E-state index in [0.29, 0.717) is 18.7 Å². The first kappa shape index (κ1) is 18.6. The molecule has 0 radical (unpaired) electrons. The van der Waals surface area contributed by atoms with Gasteiger partial charge in [0.2, 0.25) is 5.91 Å². The van der Waals surface area contributed by atoms with E-state index >= 15 is 0 Å².